The highest BCUT2D eigenvalue weighted by atomic mass is 16.2. The zero-order chi connectivity index (χ0) is 16.2. The summed E-state index contributed by atoms with van der Waals surface area (Å²) in [6, 6.07) is 23.3. The molecule has 3 nitrogen and oxygen atoms in total. The van der Waals surface area contributed by atoms with E-state index in [1.165, 1.54) is 0 Å². The van der Waals surface area contributed by atoms with Crippen molar-refractivity contribution in [3.63, 3.8) is 0 Å². The molecule has 23 heavy (non-hydrogen) atoms. The SMILES string of the molecule is Cc1nc(-c2ccccc2)ccc1C(=O)N(C)c1ccccc1. The second-order valence-electron chi connectivity index (χ2n) is 5.40. The molecular formula is C20H18N2O. The van der Waals surface area contributed by atoms with Gasteiger partial charge in [-0.05, 0) is 31.2 Å². The van der Waals surface area contributed by atoms with E-state index in [-0.39, 0.29) is 5.91 Å². The number of anilines is 1. The Hall–Kier alpha value is -2.94. The van der Waals surface area contributed by atoms with Gasteiger partial charge in [-0.25, -0.2) is 0 Å². The molecule has 0 radical (unpaired) electrons. The Morgan fingerprint density at radius 3 is 2.09 bits per heavy atom. The number of aryl methyl sites for hydroxylation is 1. The van der Waals surface area contributed by atoms with E-state index >= 15 is 0 Å². The Bertz CT molecular complexity index is 814. The van der Waals surface area contributed by atoms with Gasteiger partial charge < -0.3 is 4.90 Å². The van der Waals surface area contributed by atoms with Crippen molar-refractivity contribution in [2.75, 3.05) is 11.9 Å². The molecule has 0 aliphatic rings. The van der Waals surface area contributed by atoms with Crippen LogP contribution in [0.1, 0.15) is 16.1 Å². The topological polar surface area (TPSA) is 33.2 Å². The predicted octanol–water partition coefficient (Wildman–Crippen LogP) is 4.33. The van der Waals surface area contributed by atoms with Gasteiger partial charge in [-0.2, -0.15) is 0 Å². The van der Waals surface area contributed by atoms with Crippen LogP contribution in [-0.4, -0.2) is 17.9 Å². The van der Waals surface area contributed by atoms with E-state index in [1.54, 1.807) is 11.9 Å². The number of hydrogen-bond donors (Lipinski definition) is 0. The number of carbonyl (C=O) groups is 1. The maximum atomic E-state index is 12.7. The van der Waals surface area contributed by atoms with Crippen LogP contribution in [0.2, 0.25) is 0 Å². The summed E-state index contributed by atoms with van der Waals surface area (Å²) < 4.78 is 0. The van der Waals surface area contributed by atoms with Crippen molar-refractivity contribution in [2.24, 2.45) is 0 Å². The van der Waals surface area contributed by atoms with Gasteiger partial charge in [0, 0.05) is 18.3 Å². The predicted molar refractivity (Wildman–Crippen MR) is 93.6 cm³/mol. The third-order valence-electron chi connectivity index (χ3n) is 3.83. The molecule has 3 heteroatoms. The number of hydrogen-bond acceptors (Lipinski definition) is 2. The number of rotatable bonds is 3. The monoisotopic (exact) mass is 302 g/mol. The maximum Gasteiger partial charge on any atom is 0.259 e. The summed E-state index contributed by atoms with van der Waals surface area (Å²) >= 11 is 0. The van der Waals surface area contributed by atoms with Crippen molar-refractivity contribution in [3.05, 3.63) is 84.1 Å². The van der Waals surface area contributed by atoms with Gasteiger partial charge in [0.2, 0.25) is 0 Å². The smallest absolute Gasteiger partial charge is 0.259 e. The van der Waals surface area contributed by atoms with E-state index in [4.69, 9.17) is 0 Å². The number of aromatic nitrogens is 1. The van der Waals surface area contributed by atoms with E-state index in [0.717, 1.165) is 22.6 Å². The fraction of sp³-hybridized carbons (Fsp3) is 0.100. The molecule has 2 aromatic carbocycles. The average Bonchev–Trinajstić information content (AvgIpc) is 2.62. The molecule has 0 unspecified atom stereocenters. The molecule has 0 saturated carbocycles. The van der Waals surface area contributed by atoms with Crippen molar-refractivity contribution >= 4 is 11.6 Å². The number of amides is 1. The molecule has 3 rings (SSSR count). The number of carbonyl (C=O) groups excluding carboxylic acids is 1. The molecule has 1 heterocycles. The number of pyridine rings is 1. The fourth-order valence-corrected chi connectivity index (χ4v) is 2.51. The Kier molecular flexibility index (Phi) is 4.20. The summed E-state index contributed by atoms with van der Waals surface area (Å²) in [5.74, 6) is -0.0548. The molecule has 114 valence electrons. The van der Waals surface area contributed by atoms with Crippen LogP contribution in [0.25, 0.3) is 11.3 Å². The van der Waals surface area contributed by atoms with Gasteiger partial charge in [0.1, 0.15) is 0 Å². The second-order valence-corrected chi connectivity index (χ2v) is 5.40. The lowest BCUT2D eigenvalue weighted by Gasteiger charge is -2.18. The quantitative estimate of drug-likeness (QED) is 0.721. The Labute approximate surface area is 136 Å². The summed E-state index contributed by atoms with van der Waals surface area (Å²) in [6.07, 6.45) is 0. The Morgan fingerprint density at radius 2 is 1.48 bits per heavy atom. The lowest BCUT2D eigenvalue weighted by atomic mass is 10.1. The van der Waals surface area contributed by atoms with Crippen LogP contribution in [0.4, 0.5) is 5.69 Å². The summed E-state index contributed by atoms with van der Waals surface area (Å²) in [5, 5.41) is 0. The highest BCUT2D eigenvalue weighted by Gasteiger charge is 2.16. The maximum absolute atomic E-state index is 12.7. The molecule has 0 aliphatic carbocycles. The number of benzene rings is 2. The number of nitrogens with zero attached hydrogens (tertiary/aromatic N) is 2. The van der Waals surface area contributed by atoms with E-state index in [0.29, 0.717) is 5.56 Å². The van der Waals surface area contributed by atoms with E-state index in [9.17, 15) is 4.79 Å². The molecule has 0 fully saturated rings. The van der Waals surface area contributed by atoms with Crippen LogP contribution in [0.3, 0.4) is 0 Å². The van der Waals surface area contributed by atoms with Crippen LogP contribution < -0.4 is 4.90 Å². The van der Waals surface area contributed by atoms with Gasteiger partial charge in [0.05, 0.1) is 17.0 Å². The molecule has 0 N–H and O–H groups in total. The van der Waals surface area contributed by atoms with Crippen molar-refractivity contribution in [1.29, 1.82) is 0 Å². The van der Waals surface area contributed by atoms with Gasteiger partial charge in [-0.3, -0.25) is 9.78 Å². The largest absolute Gasteiger partial charge is 0.311 e. The molecule has 0 aliphatic heterocycles. The van der Waals surface area contributed by atoms with E-state index in [1.807, 2.05) is 79.7 Å². The average molecular weight is 302 g/mol. The van der Waals surface area contributed by atoms with E-state index < -0.39 is 0 Å². The first-order valence-electron chi connectivity index (χ1n) is 7.53. The summed E-state index contributed by atoms with van der Waals surface area (Å²) in [6.45, 7) is 1.87. The molecule has 0 saturated heterocycles. The lowest BCUT2D eigenvalue weighted by Crippen LogP contribution is -2.27. The second kappa shape index (κ2) is 6.44. The Morgan fingerprint density at radius 1 is 0.870 bits per heavy atom. The normalized spacial score (nSPS) is 10.3. The highest BCUT2D eigenvalue weighted by Crippen LogP contribution is 2.21. The van der Waals surface area contributed by atoms with Crippen LogP contribution in [0, 0.1) is 6.92 Å². The van der Waals surface area contributed by atoms with Crippen molar-refractivity contribution < 1.29 is 4.79 Å². The van der Waals surface area contributed by atoms with Crippen LogP contribution >= 0.6 is 0 Å². The standard InChI is InChI=1S/C20H18N2O/c1-15-18(20(23)22(2)17-11-7-4-8-12-17)13-14-19(21-15)16-9-5-3-6-10-16/h3-14H,1-2H3. The molecule has 1 amide bonds. The highest BCUT2D eigenvalue weighted by molar-refractivity contribution is 6.06. The van der Waals surface area contributed by atoms with Crippen molar-refractivity contribution in [3.8, 4) is 11.3 Å². The van der Waals surface area contributed by atoms with Gasteiger partial charge in [-0.1, -0.05) is 48.5 Å². The van der Waals surface area contributed by atoms with Crippen LogP contribution in [-0.2, 0) is 0 Å². The first-order valence-corrected chi connectivity index (χ1v) is 7.53. The zero-order valence-corrected chi connectivity index (χ0v) is 13.2. The Balaban J connectivity index is 1.90. The molecule has 3 aromatic rings. The van der Waals surface area contributed by atoms with Crippen molar-refractivity contribution in [1.82, 2.24) is 4.98 Å². The molecule has 0 atom stereocenters. The lowest BCUT2D eigenvalue weighted by molar-refractivity contribution is 0.0992. The summed E-state index contributed by atoms with van der Waals surface area (Å²) in [7, 11) is 1.78. The minimum atomic E-state index is -0.0548. The van der Waals surface area contributed by atoms with Crippen LogP contribution in [0.5, 0.6) is 0 Å². The van der Waals surface area contributed by atoms with E-state index in [2.05, 4.69) is 4.98 Å². The summed E-state index contributed by atoms with van der Waals surface area (Å²) in [5.41, 5.74) is 4.15. The first kappa shape index (κ1) is 15.0. The van der Waals surface area contributed by atoms with Gasteiger partial charge >= 0.3 is 0 Å². The first-order chi connectivity index (χ1) is 11.2. The van der Waals surface area contributed by atoms with Gasteiger partial charge in [-0.15, -0.1) is 0 Å². The third-order valence-corrected chi connectivity index (χ3v) is 3.83. The minimum Gasteiger partial charge on any atom is -0.311 e. The van der Waals surface area contributed by atoms with Crippen molar-refractivity contribution in [2.45, 2.75) is 6.92 Å². The van der Waals surface area contributed by atoms with Gasteiger partial charge in [0.15, 0.2) is 0 Å². The minimum absolute atomic E-state index is 0.0548. The third kappa shape index (κ3) is 3.14. The molecule has 0 spiro atoms. The summed E-state index contributed by atoms with van der Waals surface area (Å²) in [4.78, 5) is 18.9. The fourth-order valence-electron chi connectivity index (χ4n) is 2.51. The van der Waals surface area contributed by atoms with Crippen LogP contribution in [0.15, 0.2) is 72.8 Å². The molecule has 0 bridgehead atoms. The molecule has 1 aromatic heterocycles. The number of para-hydroxylation sites is 1. The zero-order valence-electron chi connectivity index (χ0n) is 13.2. The van der Waals surface area contributed by atoms with Gasteiger partial charge in [0.25, 0.3) is 5.91 Å². The molecular weight excluding hydrogens is 284 g/mol.